The van der Waals surface area contributed by atoms with E-state index in [1.54, 1.807) is 11.3 Å². The van der Waals surface area contributed by atoms with Gasteiger partial charge in [-0.05, 0) is 31.0 Å². The lowest BCUT2D eigenvalue weighted by atomic mass is 10.1. The molecule has 0 aliphatic heterocycles. The number of para-hydroxylation sites is 1. The van der Waals surface area contributed by atoms with Crippen LogP contribution in [0.2, 0.25) is 0 Å². The van der Waals surface area contributed by atoms with Crippen LogP contribution in [0, 0.1) is 6.92 Å². The van der Waals surface area contributed by atoms with Gasteiger partial charge in [0, 0.05) is 13.0 Å². The van der Waals surface area contributed by atoms with Crippen molar-refractivity contribution >= 4 is 27.5 Å². The van der Waals surface area contributed by atoms with Gasteiger partial charge >= 0.3 is 0 Å². The molecule has 0 saturated carbocycles. The van der Waals surface area contributed by atoms with Gasteiger partial charge in [-0.2, -0.15) is 0 Å². The molecule has 3 rings (SSSR count). The number of hydrogen-bond acceptors (Lipinski definition) is 3. The highest BCUT2D eigenvalue weighted by Gasteiger charge is 2.05. The summed E-state index contributed by atoms with van der Waals surface area (Å²) >= 11 is 1.74. The van der Waals surface area contributed by atoms with Crippen molar-refractivity contribution in [2.45, 2.75) is 26.2 Å². The molecule has 0 radical (unpaired) electrons. The lowest BCUT2D eigenvalue weighted by Gasteiger charge is -2.05. The van der Waals surface area contributed by atoms with Gasteiger partial charge in [-0.15, -0.1) is 11.3 Å². The number of benzene rings is 2. The standard InChI is InChI=1S/C19H20N2OS/c1-14-8-10-15(11-9-14)13-18(22)20-12-4-7-19-21-16-5-2-3-6-17(16)23-19/h2-3,5-6,8-11H,4,7,12-13H2,1H3,(H,20,22). The van der Waals surface area contributed by atoms with Gasteiger partial charge < -0.3 is 5.32 Å². The van der Waals surface area contributed by atoms with E-state index < -0.39 is 0 Å². The van der Waals surface area contributed by atoms with Crippen LogP contribution < -0.4 is 5.32 Å². The topological polar surface area (TPSA) is 42.0 Å². The summed E-state index contributed by atoms with van der Waals surface area (Å²) in [5, 5.41) is 4.13. The Hall–Kier alpha value is -2.20. The lowest BCUT2D eigenvalue weighted by Crippen LogP contribution is -2.26. The van der Waals surface area contributed by atoms with E-state index in [9.17, 15) is 4.79 Å². The lowest BCUT2D eigenvalue weighted by molar-refractivity contribution is -0.120. The number of nitrogens with one attached hydrogen (secondary N) is 1. The van der Waals surface area contributed by atoms with E-state index >= 15 is 0 Å². The van der Waals surface area contributed by atoms with E-state index in [0.29, 0.717) is 13.0 Å². The maximum Gasteiger partial charge on any atom is 0.224 e. The molecule has 0 spiro atoms. The number of thiazole rings is 1. The van der Waals surface area contributed by atoms with Crippen molar-refractivity contribution in [3.05, 3.63) is 64.7 Å². The van der Waals surface area contributed by atoms with Crippen LogP contribution in [0.5, 0.6) is 0 Å². The number of carbonyl (C=O) groups excluding carboxylic acids is 1. The summed E-state index contributed by atoms with van der Waals surface area (Å²) in [6.45, 7) is 2.74. The second kappa shape index (κ2) is 7.38. The first-order valence-electron chi connectivity index (χ1n) is 7.87. The summed E-state index contributed by atoms with van der Waals surface area (Å²) in [5.41, 5.74) is 3.33. The second-order valence-corrected chi connectivity index (χ2v) is 6.81. The molecule has 0 atom stereocenters. The molecule has 23 heavy (non-hydrogen) atoms. The minimum absolute atomic E-state index is 0.0816. The van der Waals surface area contributed by atoms with Crippen LogP contribution >= 0.6 is 11.3 Å². The zero-order chi connectivity index (χ0) is 16.1. The van der Waals surface area contributed by atoms with Gasteiger partial charge in [-0.25, -0.2) is 4.98 Å². The number of aromatic nitrogens is 1. The third kappa shape index (κ3) is 4.39. The van der Waals surface area contributed by atoms with E-state index in [1.165, 1.54) is 10.3 Å². The van der Waals surface area contributed by atoms with Crippen LogP contribution in [0.25, 0.3) is 10.2 Å². The first-order chi connectivity index (χ1) is 11.2. The number of fused-ring (bicyclic) bond motifs is 1. The molecular formula is C19H20N2OS. The maximum absolute atomic E-state index is 11.9. The van der Waals surface area contributed by atoms with Crippen LogP contribution in [0.3, 0.4) is 0 Å². The Labute approximate surface area is 140 Å². The molecule has 0 saturated heterocycles. The molecule has 1 aromatic heterocycles. The van der Waals surface area contributed by atoms with Crippen molar-refractivity contribution in [1.82, 2.24) is 10.3 Å². The average Bonchev–Trinajstić information content (AvgIpc) is 2.96. The van der Waals surface area contributed by atoms with Crippen LogP contribution in [0.1, 0.15) is 22.6 Å². The quantitative estimate of drug-likeness (QED) is 0.699. The van der Waals surface area contributed by atoms with E-state index in [1.807, 2.05) is 49.4 Å². The Kier molecular flexibility index (Phi) is 5.03. The highest BCUT2D eigenvalue weighted by molar-refractivity contribution is 7.18. The molecule has 1 N–H and O–H groups in total. The molecule has 118 valence electrons. The molecule has 0 fully saturated rings. The van der Waals surface area contributed by atoms with E-state index in [-0.39, 0.29) is 5.91 Å². The predicted molar refractivity (Wildman–Crippen MR) is 95.8 cm³/mol. The first-order valence-corrected chi connectivity index (χ1v) is 8.69. The summed E-state index contributed by atoms with van der Waals surface area (Å²) in [6, 6.07) is 16.3. The molecule has 3 nitrogen and oxygen atoms in total. The first kappa shape index (κ1) is 15.7. The van der Waals surface area contributed by atoms with Gasteiger partial charge in [0.25, 0.3) is 0 Å². The fraction of sp³-hybridized carbons (Fsp3) is 0.263. The van der Waals surface area contributed by atoms with E-state index in [4.69, 9.17) is 0 Å². The summed E-state index contributed by atoms with van der Waals surface area (Å²) in [7, 11) is 0. The van der Waals surface area contributed by atoms with E-state index in [0.717, 1.165) is 28.9 Å². The average molecular weight is 324 g/mol. The summed E-state index contributed by atoms with van der Waals surface area (Å²) in [5.74, 6) is 0.0816. The minimum atomic E-state index is 0.0816. The molecular weight excluding hydrogens is 304 g/mol. The number of rotatable bonds is 6. The number of hydrogen-bond donors (Lipinski definition) is 1. The van der Waals surface area contributed by atoms with Gasteiger partial charge in [-0.3, -0.25) is 4.79 Å². The van der Waals surface area contributed by atoms with Crippen LogP contribution in [-0.2, 0) is 17.6 Å². The monoisotopic (exact) mass is 324 g/mol. The fourth-order valence-corrected chi connectivity index (χ4v) is 3.46. The molecule has 0 unspecified atom stereocenters. The van der Waals surface area contributed by atoms with Crippen molar-refractivity contribution < 1.29 is 4.79 Å². The van der Waals surface area contributed by atoms with Gasteiger partial charge in [0.2, 0.25) is 5.91 Å². The largest absolute Gasteiger partial charge is 0.356 e. The van der Waals surface area contributed by atoms with Gasteiger partial charge in [0.15, 0.2) is 0 Å². The van der Waals surface area contributed by atoms with Crippen LogP contribution in [-0.4, -0.2) is 17.4 Å². The van der Waals surface area contributed by atoms with Crippen molar-refractivity contribution in [2.24, 2.45) is 0 Å². The van der Waals surface area contributed by atoms with Gasteiger partial charge in [0.1, 0.15) is 0 Å². The second-order valence-electron chi connectivity index (χ2n) is 5.69. The molecule has 1 amide bonds. The minimum Gasteiger partial charge on any atom is -0.356 e. The highest BCUT2D eigenvalue weighted by atomic mass is 32.1. The number of aryl methyl sites for hydroxylation is 2. The normalized spacial score (nSPS) is 10.8. The van der Waals surface area contributed by atoms with Crippen molar-refractivity contribution in [2.75, 3.05) is 6.54 Å². The molecule has 0 aliphatic rings. The number of carbonyl (C=O) groups is 1. The SMILES string of the molecule is Cc1ccc(CC(=O)NCCCc2nc3ccccc3s2)cc1. The zero-order valence-electron chi connectivity index (χ0n) is 13.2. The molecule has 1 heterocycles. The Morgan fingerprint density at radius 3 is 2.70 bits per heavy atom. The van der Waals surface area contributed by atoms with Gasteiger partial charge in [-0.1, -0.05) is 42.0 Å². The summed E-state index contributed by atoms with van der Waals surface area (Å²) in [6.07, 6.45) is 2.27. The third-order valence-corrected chi connectivity index (χ3v) is 4.81. The van der Waals surface area contributed by atoms with Crippen molar-refractivity contribution in [1.29, 1.82) is 0 Å². The Bertz CT molecular complexity index is 759. The highest BCUT2D eigenvalue weighted by Crippen LogP contribution is 2.22. The predicted octanol–water partition coefficient (Wildman–Crippen LogP) is 3.90. The van der Waals surface area contributed by atoms with Gasteiger partial charge in [0.05, 0.1) is 21.6 Å². The number of amides is 1. The van der Waals surface area contributed by atoms with E-state index in [2.05, 4.69) is 16.4 Å². The Balaban J connectivity index is 1.42. The smallest absolute Gasteiger partial charge is 0.224 e. The number of nitrogens with zero attached hydrogens (tertiary/aromatic N) is 1. The van der Waals surface area contributed by atoms with Crippen molar-refractivity contribution in [3.63, 3.8) is 0 Å². The maximum atomic E-state index is 11.9. The summed E-state index contributed by atoms with van der Waals surface area (Å²) < 4.78 is 1.23. The third-order valence-electron chi connectivity index (χ3n) is 3.71. The molecule has 2 aromatic carbocycles. The summed E-state index contributed by atoms with van der Waals surface area (Å²) in [4.78, 5) is 16.5. The van der Waals surface area contributed by atoms with Crippen LogP contribution in [0.15, 0.2) is 48.5 Å². The Morgan fingerprint density at radius 2 is 1.91 bits per heavy atom. The fourth-order valence-electron chi connectivity index (χ4n) is 2.45. The van der Waals surface area contributed by atoms with Crippen molar-refractivity contribution in [3.8, 4) is 0 Å². The Morgan fingerprint density at radius 1 is 1.13 bits per heavy atom. The van der Waals surface area contributed by atoms with Crippen LogP contribution in [0.4, 0.5) is 0 Å². The molecule has 0 aliphatic carbocycles. The molecule has 0 bridgehead atoms. The molecule has 4 heteroatoms. The molecule has 3 aromatic rings. The zero-order valence-corrected chi connectivity index (χ0v) is 14.0.